The summed E-state index contributed by atoms with van der Waals surface area (Å²) in [5.41, 5.74) is 2.18. The van der Waals surface area contributed by atoms with Crippen LogP contribution in [-0.4, -0.2) is 24.0 Å². The Morgan fingerprint density at radius 3 is 2.86 bits per heavy atom. The minimum absolute atomic E-state index is 0. The molecule has 1 aromatic heterocycles. The zero-order valence-corrected chi connectivity index (χ0v) is 14.5. The highest BCUT2D eigenvalue weighted by molar-refractivity contribution is 14.0. The van der Waals surface area contributed by atoms with Crippen molar-refractivity contribution in [2.75, 3.05) is 13.1 Å². The first kappa shape index (κ1) is 17.4. The van der Waals surface area contributed by atoms with Crippen LogP contribution in [0.15, 0.2) is 54.2 Å². The highest BCUT2D eigenvalue weighted by atomic mass is 127. The van der Waals surface area contributed by atoms with Crippen LogP contribution in [0.25, 0.3) is 10.9 Å². The molecule has 0 spiro atoms. The topological polar surface area (TPSA) is 49.3 Å². The molecule has 0 radical (unpaired) electrons. The molecule has 0 saturated carbocycles. The maximum Gasteiger partial charge on any atom is 0.191 e. The fourth-order valence-corrected chi connectivity index (χ4v) is 1.97. The molecule has 1 heterocycles. The Bertz CT molecular complexity index is 605. The second-order valence-electron chi connectivity index (χ2n) is 4.35. The summed E-state index contributed by atoms with van der Waals surface area (Å²) in [5.74, 6) is 0.799. The Labute approximate surface area is 142 Å². The normalized spacial score (nSPS) is 10.8. The average Bonchev–Trinajstić information content (AvgIpc) is 2.50. The second-order valence-corrected chi connectivity index (χ2v) is 4.35. The molecule has 0 saturated heterocycles. The summed E-state index contributed by atoms with van der Waals surface area (Å²) in [6.07, 6.45) is 3.64. The van der Waals surface area contributed by atoms with Crippen LogP contribution >= 0.6 is 24.0 Å². The van der Waals surface area contributed by atoms with E-state index in [1.807, 2.05) is 43.5 Å². The summed E-state index contributed by atoms with van der Waals surface area (Å²) in [7, 11) is 0. The molecule has 1 aromatic carbocycles. The lowest BCUT2D eigenvalue weighted by Crippen LogP contribution is -2.37. The van der Waals surface area contributed by atoms with E-state index in [0.29, 0.717) is 13.1 Å². The number of nitrogens with one attached hydrogen (secondary N) is 2. The molecule has 2 N–H and O–H groups in total. The average molecular weight is 396 g/mol. The van der Waals surface area contributed by atoms with Crippen molar-refractivity contribution in [3.8, 4) is 0 Å². The molecule has 0 aliphatic rings. The number of fused-ring (bicyclic) bond motifs is 1. The molecule has 0 aliphatic carbocycles. The standard InChI is InChI=1S/C16H20N4.HI/c1-3-10-19-16(17-4-2)20-12-13-9-11-18-15-8-6-5-7-14(13)15;/h3,5-9,11H,1,4,10,12H2,2H3,(H2,17,19,20);1H. The molecule has 0 amide bonds. The van der Waals surface area contributed by atoms with Gasteiger partial charge in [-0.15, -0.1) is 30.6 Å². The van der Waals surface area contributed by atoms with Crippen molar-refractivity contribution < 1.29 is 0 Å². The van der Waals surface area contributed by atoms with E-state index < -0.39 is 0 Å². The lowest BCUT2D eigenvalue weighted by atomic mass is 10.1. The molecule has 0 unspecified atom stereocenters. The molecule has 112 valence electrons. The molecule has 0 bridgehead atoms. The van der Waals surface area contributed by atoms with Crippen LogP contribution in [0, 0.1) is 0 Å². The van der Waals surface area contributed by atoms with Crippen LogP contribution < -0.4 is 10.6 Å². The van der Waals surface area contributed by atoms with E-state index in [0.717, 1.165) is 23.4 Å². The van der Waals surface area contributed by atoms with Crippen molar-refractivity contribution in [1.29, 1.82) is 0 Å². The van der Waals surface area contributed by atoms with Crippen molar-refractivity contribution in [3.63, 3.8) is 0 Å². The van der Waals surface area contributed by atoms with Crippen LogP contribution in [0.2, 0.25) is 0 Å². The Morgan fingerprint density at radius 2 is 2.10 bits per heavy atom. The predicted molar refractivity (Wildman–Crippen MR) is 100 cm³/mol. The summed E-state index contributed by atoms with van der Waals surface area (Å²) in [4.78, 5) is 8.95. The van der Waals surface area contributed by atoms with Gasteiger partial charge in [-0.1, -0.05) is 24.3 Å². The van der Waals surface area contributed by atoms with E-state index in [-0.39, 0.29) is 24.0 Å². The molecular weight excluding hydrogens is 375 g/mol. The van der Waals surface area contributed by atoms with E-state index in [1.165, 1.54) is 5.56 Å². The van der Waals surface area contributed by atoms with Crippen molar-refractivity contribution in [1.82, 2.24) is 15.6 Å². The van der Waals surface area contributed by atoms with Crippen LogP contribution in [0.5, 0.6) is 0 Å². The molecule has 0 fully saturated rings. The second kappa shape index (κ2) is 9.33. The van der Waals surface area contributed by atoms with Gasteiger partial charge in [0.05, 0.1) is 12.1 Å². The van der Waals surface area contributed by atoms with Crippen LogP contribution in [-0.2, 0) is 6.54 Å². The quantitative estimate of drug-likeness (QED) is 0.354. The highest BCUT2D eigenvalue weighted by Gasteiger charge is 2.01. The summed E-state index contributed by atoms with van der Waals surface area (Å²) in [6, 6.07) is 10.1. The van der Waals surface area contributed by atoms with Gasteiger partial charge in [-0.2, -0.15) is 0 Å². The van der Waals surface area contributed by atoms with E-state index in [2.05, 4.69) is 33.3 Å². The van der Waals surface area contributed by atoms with Crippen molar-refractivity contribution in [2.45, 2.75) is 13.5 Å². The number of pyridine rings is 1. The number of hydrogen-bond donors (Lipinski definition) is 2. The number of guanidine groups is 1. The van der Waals surface area contributed by atoms with Gasteiger partial charge in [0, 0.05) is 24.7 Å². The van der Waals surface area contributed by atoms with E-state index in [4.69, 9.17) is 0 Å². The predicted octanol–water partition coefficient (Wildman–Crippen LogP) is 3.09. The SMILES string of the molecule is C=CCNC(=NCc1ccnc2ccccc12)NCC.I. The summed E-state index contributed by atoms with van der Waals surface area (Å²) in [5, 5.41) is 7.56. The van der Waals surface area contributed by atoms with Crippen molar-refractivity contribution in [3.05, 3.63) is 54.7 Å². The third-order valence-electron chi connectivity index (χ3n) is 2.90. The molecule has 0 atom stereocenters. The van der Waals surface area contributed by atoms with E-state index in [9.17, 15) is 0 Å². The largest absolute Gasteiger partial charge is 0.357 e. The number of nitrogens with zero attached hydrogens (tertiary/aromatic N) is 2. The molecule has 21 heavy (non-hydrogen) atoms. The van der Waals surface area contributed by atoms with Gasteiger partial charge in [0.25, 0.3) is 0 Å². The van der Waals surface area contributed by atoms with Gasteiger partial charge in [-0.05, 0) is 24.6 Å². The van der Waals surface area contributed by atoms with Crippen molar-refractivity contribution in [2.24, 2.45) is 4.99 Å². The van der Waals surface area contributed by atoms with Gasteiger partial charge in [0.1, 0.15) is 0 Å². The van der Waals surface area contributed by atoms with Gasteiger partial charge in [0.15, 0.2) is 5.96 Å². The maximum absolute atomic E-state index is 4.59. The number of halogens is 1. The number of aromatic nitrogens is 1. The number of para-hydroxylation sites is 1. The Balaban J connectivity index is 0.00000220. The zero-order valence-electron chi connectivity index (χ0n) is 12.2. The molecule has 2 rings (SSSR count). The molecule has 5 heteroatoms. The molecular formula is C16H21IN4. The summed E-state index contributed by atoms with van der Waals surface area (Å²) in [6.45, 7) is 7.90. The maximum atomic E-state index is 4.59. The molecule has 4 nitrogen and oxygen atoms in total. The zero-order chi connectivity index (χ0) is 14.2. The number of rotatable bonds is 5. The Morgan fingerprint density at radius 1 is 1.29 bits per heavy atom. The summed E-state index contributed by atoms with van der Waals surface area (Å²) >= 11 is 0. The third kappa shape index (κ3) is 5.00. The van der Waals surface area contributed by atoms with Crippen molar-refractivity contribution >= 4 is 40.8 Å². The molecule has 0 aliphatic heterocycles. The smallest absolute Gasteiger partial charge is 0.191 e. The lowest BCUT2D eigenvalue weighted by Gasteiger charge is -2.10. The fraction of sp³-hybridized carbons (Fsp3) is 0.250. The third-order valence-corrected chi connectivity index (χ3v) is 2.90. The van der Waals surface area contributed by atoms with Crippen LogP contribution in [0.3, 0.4) is 0 Å². The van der Waals surface area contributed by atoms with E-state index >= 15 is 0 Å². The van der Waals surface area contributed by atoms with Gasteiger partial charge in [-0.3, -0.25) is 4.98 Å². The first-order valence-electron chi connectivity index (χ1n) is 6.81. The van der Waals surface area contributed by atoms with Gasteiger partial charge in [0.2, 0.25) is 0 Å². The van der Waals surface area contributed by atoms with Crippen LogP contribution in [0.1, 0.15) is 12.5 Å². The Hall–Kier alpha value is -1.63. The Kier molecular flexibility index (Phi) is 7.74. The van der Waals surface area contributed by atoms with E-state index in [1.54, 1.807) is 0 Å². The highest BCUT2D eigenvalue weighted by Crippen LogP contribution is 2.16. The molecule has 2 aromatic rings. The minimum atomic E-state index is 0. The fourth-order valence-electron chi connectivity index (χ4n) is 1.97. The lowest BCUT2D eigenvalue weighted by molar-refractivity contribution is 0.861. The summed E-state index contributed by atoms with van der Waals surface area (Å²) < 4.78 is 0. The first-order chi connectivity index (χ1) is 9.85. The number of aliphatic imine (C=N–C) groups is 1. The monoisotopic (exact) mass is 396 g/mol. The van der Waals surface area contributed by atoms with Gasteiger partial charge in [-0.25, -0.2) is 4.99 Å². The number of hydrogen-bond acceptors (Lipinski definition) is 2. The first-order valence-corrected chi connectivity index (χ1v) is 6.81. The minimum Gasteiger partial charge on any atom is -0.357 e. The number of benzene rings is 1. The van der Waals surface area contributed by atoms with Gasteiger partial charge >= 0.3 is 0 Å². The van der Waals surface area contributed by atoms with Gasteiger partial charge < -0.3 is 10.6 Å². The van der Waals surface area contributed by atoms with Crippen LogP contribution in [0.4, 0.5) is 0 Å².